The van der Waals surface area contributed by atoms with Crippen LogP contribution in [0.2, 0.25) is 5.02 Å². The average molecular weight is 360 g/mol. The molecule has 0 aliphatic rings. The van der Waals surface area contributed by atoms with Crippen LogP contribution >= 0.6 is 34.2 Å². The highest BCUT2D eigenvalue weighted by Crippen LogP contribution is 2.24. The van der Waals surface area contributed by atoms with E-state index in [4.69, 9.17) is 22.1 Å². The van der Waals surface area contributed by atoms with E-state index in [1.807, 2.05) is 36.4 Å². The molecule has 2 aromatic rings. The standard InChI is InChI=1S/C13H11ClINO/c14-11-7-10(16)6-5-9(11)8-17-13-4-2-1-3-12(13)15/h1-7H,8,16H2. The summed E-state index contributed by atoms with van der Waals surface area (Å²) in [7, 11) is 0. The minimum Gasteiger partial charge on any atom is -0.488 e. The van der Waals surface area contributed by atoms with Crippen molar-refractivity contribution in [3.63, 3.8) is 0 Å². The maximum atomic E-state index is 6.07. The van der Waals surface area contributed by atoms with Gasteiger partial charge >= 0.3 is 0 Å². The largest absolute Gasteiger partial charge is 0.488 e. The molecule has 2 N–H and O–H groups in total. The lowest BCUT2D eigenvalue weighted by molar-refractivity contribution is 0.304. The van der Waals surface area contributed by atoms with Gasteiger partial charge in [-0.05, 0) is 46.9 Å². The van der Waals surface area contributed by atoms with E-state index in [0.717, 1.165) is 14.9 Å². The Balaban J connectivity index is 2.10. The molecule has 0 radical (unpaired) electrons. The van der Waals surface area contributed by atoms with Crippen molar-refractivity contribution in [3.8, 4) is 5.75 Å². The van der Waals surface area contributed by atoms with Crippen LogP contribution in [0.15, 0.2) is 42.5 Å². The molecule has 0 aliphatic heterocycles. The summed E-state index contributed by atoms with van der Waals surface area (Å²) in [4.78, 5) is 0. The molecule has 0 fully saturated rings. The number of nitrogen functional groups attached to an aromatic ring is 1. The van der Waals surface area contributed by atoms with Crippen molar-refractivity contribution in [2.45, 2.75) is 6.61 Å². The smallest absolute Gasteiger partial charge is 0.133 e. The van der Waals surface area contributed by atoms with Crippen LogP contribution in [-0.2, 0) is 6.61 Å². The third-order valence-electron chi connectivity index (χ3n) is 2.30. The lowest BCUT2D eigenvalue weighted by Gasteiger charge is -2.09. The molecule has 0 atom stereocenters. The SMILES string of the molecule is Nc1ccc(COc2ccccc2I)c(Cl)c1. The second-order valence-electron chi connectivity index (χ2n) is 3.57. The predicted molar refractivity (Wildman–Crippen MR) is 79.4 cm³/mol. The van der Waals surface area contributed by atoms with Crippen molar-refractivity contribution >= 4 is 39.9 Å². The number of benzene rings is 2. The molecule has 17 heavy (non-hydrogen) atoms. The molecule has 2 nitrogen and oxygen atoms in total. The molecule has 0 aromatic heterocycles. The fourth-order valence-electron chi connectivity index (χ4n) is 1.40. The number of hydrogen-bond acceptors (Lipinski definition) is 2. The van der Waals surface area contributed by atoms with E-state index in [1.54, 1.807) is 6.07 Å². The Kier molecular flexibility index (Phi) is 4.12. The normalized spacial score (nSPS) is 10.2. The van der Waals surface area contributed by atoms with E-state index in [0.29, 0.717) is 17.3 Å². The minimum atomic E-state index is 0.444. The van der Waals surface area contributed by atoms with Gasteiger partial charge < -0.3 is 10.5 Å². The van der Waals surface area contributed by atoms with Crippen molar-refractivity contribution in [1.82, 2.24) is 0 Å². The third-order valence-corrected chi connectivity index (χ3v) is 3.54. The summed E-state index contributed by atoms with van der Waals surface area (Å²) in [5.41, 5.74) is 7.22. The first-order valence-electron chi connectivity index (χ1n) is 5.08. The van der Waals surface area contributed by atoms with Crippen molar-refractivity contribution in [3.05, 3.63) is 56.6 Å². The summed E-state index contributed by atoms with van der Waals surface area (Å²) in [6.45, 7) is 0.444. The van der Waals surface area contributed by atoms with E-state index >= 15 is 0 Å². The molecule has 0 bridgehead atoms. The number of halogens is 2. The Morgan fingerprint density at radius 2 is 1.94 bits per heavy atom. The zero-order valence-electron chi connectivity index (χ0n) is 8.99. The minimum absolute atomic E-state index is 0.444. The number of para-hydroxylation sites is 1. The van der Waals surface area contributed by atoms with E-state index < -0.39 is 0 Å². The highest BCUT2D eigenvalue weighted by atomic mass is 127. The topological polar surface area (TPSA) is 35.2 Å². The molecule has 2 aromatic carbocycles. The number of rotatable bonds is 3. The Morgan fingerprint density at radius 1 is 1.18 bits per heavy atom. The molecule has 88 valence electrons. The van der Waals surface area contributed by atoms with Crippen molar-refractivity contribution in [1.29, 1.82) is 0 Å². The van der Waals surface area contributed by atoms with Crippen LogP contribution in [0.1, 0.15) is 5.56 Å². The number of nitrogens with two attached hydrogens (primary N) is 1. The molecular formula is C13H11ClINO. The van der Waals surface area contributed by atoms with E-state index in [9.17, 15) is 0 Å². The fraction of sp³-hybridized carbons (Fsp3) is 0.0769. The van der Waals surface area contributed by atoms with Gasteiger partial charge in [-0.3, -0.25) is 0 Å². The summed E-state index contributed by atoms with van der Waals surface area (Å²) in [6.07, 6.45) is 0. The molecular weight excluding hydrogens is 349 g/mol. The average Bonchev–Trinajstić information content (AvgIpc) is 2.30. The van der Waals surface area contributed by atoms with Crippen molar-refractivity contribution in [2.75, 3.05) is 5.73 Å². The Hall–Kier alpha value is -0.940. The maximum Gasteiger partial charge on any atom is 0.133 e. The van der Waals surface area contributed by atoms with Gasteiger partial charge in [-0.15, -0.1) is 0 Å². The quantitative estimate of drug-likeness (QED) is 0.661. The Labute approximate surface area is 119 Å². The first-order valence-corrected chi connectivity index (χ1v) is 6.54. The number of anilines is 1. The Bertz CT molecular complexity index is 531. The van der Waals surface area contributed by atoms with Crippen LogP contribution in [0.3, 0.4) is 0 Å². The van der Waals surface area contributed by atoms with Gasteiger partial charge in [-0.25, -0.2) is 0 Å². The predicted octanol–water partition coefficient (Wildman–Crippen LogP) is 4.11. The molecule has 0 aliphatic carbocycles. The summed E-state index contributed by atoms with van der Waals surface area (Å²) in [6, 6.07) is 13.3. The van der Waals surface area contributed by atoms with Crippen LogP contribution < -0.4 is 10.5 Å². The highest BCUT2D eigenvalue weighted by Gasteiger charge is 2.03. The van der Waals surface area contributed by atoms with Gasteiger partial charge in [0.05, 0.1) is 3.57 Å². The molecule has 0 spiro atoms. The summed E-state index contributed by atoms with van der Waals surface area (Å²) in [5, 5.41) is 0.635. The second-order valence-corrected chi connectivity index (χ2v) is 5.14. The van der Waals surface area contributed by atoms with Gasteiger partial charge in [0.2, 0.25) is 0 Å². The Morgan fingerprint density at radius 3 is 2.65 bits per heavy atom. The summed E-state index contributed by atoms with van der Waals surface area (Å²) < 4.78 is 6.79. The van der Waals surface area contributed by atoms with Crippen LogP contribution in [-0.4, -0.2) is 0 Å². The van der Waals surface area contributed by atoms with Gasteiger partial charge in [0.15, 0.2) is 0 Å². The fourth-order valence-corrected chi connectivity index (χ4v) is 2.18. The van der Waals surface area contributed by atoms with Crippen LogP contribution in [0.4, 0.5) is 5.69 Å². The zero-order chi connectivity index (χ0) is 12.3. The third kappa shape index (κ3) is 3.26. The molecule has 4 heteroatoms. The van der Waals surface area contributed by atoms with Gasteiger partial charge in [-0.1, -0.05) is 29.8 Å². The molecule has 0 amide bonds. The van der Waals surface area contributed by atoms with Crippen molar-refractivity contribution in [2.24, 2.45) is 0 Å². The summed E-state index contributed by atoms with van der Waals surface area (Å²) >= 11 is 8.31. The van der Waals surface area contributed by atoms with Crippen LogP contribution in [0, 0.1) is 3.57 Å². The first-order chi connectivity index (χ1) is 8.16. The summed E-state index contributed by atoms with van der Waals surface area (Å²) in [5.74, 6) is 0.862. The van der Waals surface area contributed by atoms with E-state index in [1.165, 1.54) is 0 Å². The van der Waals surface area contributed by atoms with Gasteiger partial charge in [0, 0.05) is 16.3 Å². The van der Waals surface area contributed by atoms with E-state index in [2.05, 4.69) is 22.6 Å². The van der Waals surface area contributed by atoms with E-state index in [-0.39, 0.29) is 0 Å². The van der Waals surface area contributed by atoms with Gasteiger partial charge in [-0.2, -0.15) is 0 Å². The van der Waals surface area contributed by atoms with Crippen LogP contribution in [0.5, 0.6) is 5.75 Å². The van der Waals surface area contributed by atoms with Gasteiger partial charge in [0.25, 0.3) is 0 Å². The molecule has 0 heterocycles. The monoisotopic (exact) mass is 359 g/mol. The first kappa shape index (κ1) is 12.5. The molecule has 0 unspecified atom stereocenters. The zero-order valence-corrected chi connectivity index (χ0v) is 11.9. The van der Waals surface area contributed by atoms with Crippen molar-refractivity contribution < 1.29 is 4.74 Å². The highest BCUT2D eigenvalue weighted by molar-refractivity contribution is 14.1. The van der Waals surface area contributed by atoms with Gasteiger partial charge in [0.1, 0.15) is 12.4 Å². The number of ether oxygens (including phenoxy) is 1. The molecule has 0 saturated heterocycles. The lowest BCUT2D eigenvalue weighted by Crippen LogP contribution is -1.98. The van der Waals surface area contributed by atoms with Crippen LogP contribution in [0.25, 0.3) is 0 Å². The lowest BCUT2D eigenvalue weighted by atomic mass is 10.2. The number of hydrogen-bond donors (Lipinski definition) is 1. The molecule has 0 saturated carbocycles. The molecule has 2 rings (SSSR count). The second kappa shape index (κ2) is 5.60. The maximum absolute atomic E-state index is 6.07.